The van der Waals surface area contributed by atoms with Crippen molar-refractivity contribution < 1.29 is 9.53 Å². The molecule has 12 heavy (non-hydrogen) atoms. The van der Waals surface area contributed by atoms with Crippen LogP contribution in [0.4, 0.5) is 0 Å². The number of esters is 1. The maximum absolute atomic E-state index is 10.9. The molecule has 0 aromatic heterocycles. The minimum atomic E-state index is -0.237. The molecule has 0 saturated carbocycles. The molecule has 0 spiro atoms. The van der Waals surface area contributed by atoms with E-state index in [9.17, 15) is 4.79 Å². The molecule has 1 heterocycles. The fourth-order valence-electron chi connectivity index (χ4n) is 1.40. The zero-order chi connectivity index (χ0) is 8.97. The normalized spacial score (nSPS) is 27.2. The molecular formula is C9H15NO2. The Labute approximate surface area is 72.8 Å². The Morgan fingerprint density at radius 2 is 2.50 bits per heavy atom. The molecule has 0 aliphatic carbocycles. The molecular weight excluding hydrogens is 154 g/mol. The summed E-state index contributed by atoms with van der Waals surface area (Å²) in [7, 11) is 1.41. The van der Waals surface area contributed by atoms with Crippen LogP contribution in [0.1, 0.15) is 19.8 Å². The fourth-order valence-corrected chi connectivity index (χ4v) is 1.40. The van der Waals surface area contributed by atoms with Crippen molar-refractivity contribution >= 4 is 5.97 Å². The summed E-state index contributed by atoms with van der Waals surface area (Å²) in [5.41, 5.74) is 1.19. The minimum Gasteiger partial charge on any atom is -0.466 e. The summed E-state index contributed by atoms with van der Waals surface area (Å²) < 4.78 is 4.55. The summed E-state index contributed by atoms with van der Waals surface area (Å²) in [6, 6.07) is 0.481. The number of carbonyl (C=O) groups is 1. The summed E-state index contributed by atoms with van der Waals surface area (Å²) in [6.07, 6.45) is 3.52. The van der Waals surface area contributed by atoms with Gasteiger partial charge < -0.3 is 10.1 Å². The summed E-state index contributed by atoms with van der Waals surface area (Å²) in [5.74, 6) is -0.237. The molecule has 0 amide bonds. The molecule has 0 bridgehead atoms. The third-order valence-corrected chi connectivity index (χ3v) is 2.03. The Bertz CT molecular complexity index is 199. The van der Waals surface area contributed by atoms with E-state index in [1.807, 2.05) is 0 Å². The van der Waals surface area contributed by atoms with Gasteiger partial charge in [-0.1, -0.05) is 5.57 Å². The lowest BCUT2D eigenvalue weighted by Gasteiger charge is -2.21. The SMILES string of the molecule is COC(=O)/C=C1\CCNC(C)C1. The molecule has 1 aliphatic rings. The predicted molar refractivity (Wildman–Crippen MR) is 46.8 cm³/mol. The smallest absolute Gasteiger partial charge is 0.330 e. The molecule has 1 saturated heterocycles. The van der Waals surface area contributed by atoms with Crippen LogP contribution in [0.5, 0.6) is 0 Å². The monoisotopic (exact) mass is 169 g/mol. The first-order valence-corrected chi connectivity index (χ1v) is 4.23. The van der Waals surface area contributed by atoms with E-state index >= 15 is 0 Å². The summed E-state index contributed by atoms with van der Waals surface area (Å²) in [6.45, 7) is 3.08. The van der Waals surface area contributed by atoms with Crippen molar-refractivity contribution in [2.24, 2.45) is 0 Å². The number of hydrogen-bond donors (Lipinski definition) is 1. The average molecular weight is 169 g/mol. The number of piperidine rings is 1. The quantitative estimate of drug-likeness (QED) is 0.467. The van der Waals surface area contributed by atoms with E-state index in [1.165, 1.54) is 12.7 Å². The van der Waals surface area contributed by atoms with Gasteiger partial charge in [0.25, 0.3) is 0 Å². The van der Waals surface area contributed by atoms with Crippen molar-refractivity contribution in [3.63, 3.8) is 0 Å². The summed E-state index contributed by atoms with van der Waals surface area (Å²) in [4.78, 5) is 10.9. The van der Waals surface area contributed by atoms with Gasteiger partial charge in [0.1, 0.15) is 0 Å². The molecule has 1 atom stereocenters. The highest BCUT2D eigenvalue weighted by molar-refractivity contribution is 5.82. The zero-order valence-electron chi connectivity index (χ0n) is 7.59. The van der Waals surface area contributed by atoms with Gasteiger partial charge >= 0.3 is 5.97 Å². The summed E-state index contributed by atoms with van der Waals surface area (Å²) in [5, 5.41) is 3.31. The average Bonchev–Trinajstić information content (AvgIpc) is 2.04. The minimum absolute atomic E-state index is 0.237. The van der Waals surface area contributed by atoms with Crippen LogP contribution >= 0.6 is 0 Å². The fraction of sp³-hybridized carbons (Fsp3) is 0.667. The van der Waals surface area contributed by atoms with Crippen molar-refractivity contribution in [3.05, 3.63) is 11.6 Å². The Morgan fingerprint density at radius 1 is 1.75 bits per heavy atom. The third-order valence-electron chi connectivity index (χ3n) is 2.03. The van der Waals surface area contributed by atoms with Crippen LogP contribution in [-0.4, -0.2) is 25.7 Å². The van der Waals surface area contributed by atoms with E-state index in [1.54, 1.807) is 6.08 Å². The molecule has 1 aliphatic heterocycles. The van der Waals surface area contributed by atoms with Gasteiger partial charge in [0.05, 0.1) is 7.11 Å². The van der Waals surface area contributed by atoms with E-state index in [2.05, 4.69) is 17.0 Å². The molecule has 1 unspecified atom stereocenters. The first-order valence-electron chi connectivity index (χ1n) is 4.23. The molecule has 1 rings (SSSR count). The van der Waals surface area contributed by atoms with Gasteiger partial charge in [-0.3, -0.25) is 0 Å². The predicted octanol–water partition coefficient (Wildman–Crippen LogP) is 0.858. The lowest BCUT2D eigenvalue weighted by atomic mass is 10.00. The van der Waals surface area contributed by atoms with Crippen LogP contribution in [0.3, 0.4) is 0 Å². The molecule has 1 fully saturated rings. The second-order valence-corrected chi connectivity index (χ2v) is 3.14. The van der Waals surface area contributed by atoms with Crippen LogP contribution in [0.25, 0.3) is 0 Å². The van der Waals surface area contributed by atoms with Crippen LogP contribution in [0, 0.1) is 0 Å². The largest absolute Gasteiger partial charge is 0.466 e. The Hall–Kier alpha value is -0.830. The molecule has 1 N–H and O–H groups in total. The van der Waals surface area contributed by atoms with Gasteiger partial charge in [-0.25, -0.2) is 4.79 Å². The zero-order valence-corrected chi connectivity index (χ0v) is 7.59. The van der Waals surface area contributed by atoms with Crippen molar-refractivity contribution in [3.8, 4) is 0 Å². The van der Waals surface area contributed by atoms with Crippen molar-refractivity contribution in [1.29, 1.82) is 0 Å². The first kappa shape index (κ1) is 9.26. The lowest BCUT2D eigenvalue weighted by Crippen LogP contribution is -2.32. The Balaban J connectivity index is 2.50. The van der Waals surface area contributed by atoms with Gasteiger partial charge in [-0.2, -0.15) is 0 Å². The van der Waals surface area contributed by atoms with Crippen molar-refractivity contribution in [2.45, 2.75) is 25.8 Å². The van der Waals surface area contributed by atoms with Crippen molar-refractivity contribution in [1.82, 2.24) is 5.32 Å². The second kappa shape index (κ2) is 4.26. The van der Waals surface area contributed by atoms with Crippen molar-refractivity contribution in [2.75, 3.05) is 13.7 Å². The van der Waals surface area contributed by atoms with Crippen LogP contribution in [0.2, 0.25) is 0 Å². The lowest BCUT2D eigenvalue weighted by molar-refractivity contribution is -0.134. The van der Waals surface area contributed by atoms with Gasteiger partial charge in [0, 0.05) is 12.1 Å². The van der Waals surface area contributed by atoms with E-state index in [4.69, 9.17) is 0 Å². The Kier molecular flexibility index (Phi) is 3.29. The standard InChI is InChI=1S/C9H15NO2/c1-7-5-8(3-4-10-7)6-9(11)12-2/h6-7,10H,3-5H2,1-2H3/b8-6+. The Morgan fingerprint density at radius 3 is 3.08 bits per heavy atom. The molecule has 68 valence electrons. The molecule has 3 heteroatoms. The molecule has 0 aromatic rings. The van der Waals surface area contributed by atoms with E-state index in [0.717, 1.165) is 19.4 Å². The summed E-state index contributed by atoms with van der Waals surface area (Å²) >= 11 is 0. The number of rotatable bonds is 1. The maximum atomic E-state index is 10.9. The molecule has 3 nitrogen and oxygen atoms in total. The highest BCUT2D eigenvalue weighted by atomic mass is 16.5. The highest BCUT2D eigenvalue weighted by Crippen LogP contribution is 2.14. The van der Waals surface area contributed by atoms with Crippen LogP contribution < -0.4 is 5.32 Å². The third kappa shape index (κ3) is 2.66. The highest BCUT2D eigenvalue weighted by Gasteiger charge is 2.12. The number of methoxy groups -OCH3 is 1. The topological polar surface area (TPSA) is 38.3 Å². The van der Waals surface area contributed by atoms with Gasteiger partial charge in [-0.15, -0.1) is 0 Å². The van der Waals surface area contributed by atoms with Crippen LogP contribution in [-0.2, 0) is 9.53 Å². The van der Waals surface area contributed by atoms with Gasteiger partial charge in [0.2, 0.25) is 0 Å². The first-order chi connectivity index (χ1) is 5.72. The number of carbonyl (C=O) groups excluding carboxylic acids is 1. The number of hydrogen-bond acceptors (Lipinski definition) is 3. The molecule has 0 aromatic carbocycles. The number of nitrogens with one attached hydrogen (secondary N) is 1. The van der Waals surface area contributed by atoms with Gasteiger partial charge in [-0.05, 0) is 26.3 Å². The van der Waals surface area contributed by atoms with Crippen LogP contribution in [0.15, 0.2) is 11.6 Å². The van der Waals surface area contributed by atoms with Gasteiger partial charge in [0.15, 0.2) is 0 Å². The van der Waals surface area contributed by atoms with E-state index in [-0.39, 0.29) is 5.97 Å². The maximum Gasteiger partial charge on any atom is 0.330 e. The van der Waals surface area contributed by atoms with E-state index in [0.29, 0.717) is 6.04 Å². The molecule has 0 radical (unpaired) electrons. The van der Waals surface area contributed by atoms with E-state index < -0.39 is 0 Å². The second-order valence-electron chi connectivity index (χ2n) is 3.14. The number of ether oxygens (including phenoxy) is 1.